The predicted molar refractivity (Wildman–Crippen MR) is 42.5 cm³/mol. The number of aromatic nitrogens is 2. The van der Waals surface area contributed by atoms with E-state index in [1.165, 1.54) is 0 Å². The van der Waals surface area contributed by atoms with Crippen LogP contribution in [0.4, 0.5) is 8.78 Å². The van der Waals surface area contributed by atoms with Gasteiger partial charge in [-0.25, -0.2) is 9.78 Å². The van der Waals surface area contributed by atoms with Crippen molar-refractivity contribution >= 4 is 21.9 Å². The molecule has 72 valence electrons. The Bertz CT molecular complexity index is 326. The minimum atomic E-state index is -2.74. The number of hydrogen-bond acceptors (Lipinski definition) is 3. The van der Waals surface area contributed by atoms with E-state index in [0.717, 1.165) is 13.4 Å². The number of halogens is 3. The maximum Gasteiger partial charge on any atom is 0.359 e. The van der Waals surface area contributed by atoms with Gasteiger partial charge in [0, 0.05) is 0 Å². The molecule has 0 fully saturated rings. The van der Waals surface area contributed by atoms with E-state index in [0.29, 0.717) is 4.57 Å². The second kappa shape index (κ2) is 3.82. The molecule has 0 bridgehead atoms. The van der Waals surface area contributed by atoms with Gasteiger partial charge >= 0.3 is 12.5 Å². The molecular weight excluding hydrogens is 250 g/mol. The fourth-order valence-corrected chi connectivity index (χ4v) is 1.23. The Balaban J connectivity index is 3.06. The molecule has 7 heteroatoms. The van der Waals surface area contributed by atoms with Crippen LogP contribution < -0.4 is 0 Å². The summed E-state index contributed by atoms with van der Waals surface area (Å²) in [5.41, 5.74) is -0.164. The Labute approximate surface area is 80.6 Å². The first-order valence-corrected chi connectivity index (χ1v) is 3.96. The van der Waals surface area contributed by atoms with Gasteiger partial charge in [-0.1, -0.05) is 0 Å². The molecule has 0 spiro atoms. The SMILES string of the molecule is COC(=O)c1ncn(C(F)F)c1Br. The first-order chi connectivity index (χ1) is 6.07. The number of esters is 1. The number of carbonyl (C=O) groups is 1. The van der Waals surface area contributed by atoms with Gasteiger partial charge in [-0.2, -0.15) is 8.78 Å². The lowest BCUT2D eigenvalue weighted by atomic mass is 10.5. The van der Waals surface area contributed by atoms with Crippen molar-refractivity contribution < 1.29 is 18.3 Å². The van der Waals surface area contributed by atoms with Gasteiger partial charge in [-0.15, -0.1) is 0 Å². The van der Waals surface area contributed by atoms with Crippen molar-refractivity contribution in [3.63, 3.8) is 0 Å². The minimum Gasteiger partial charge on any atom is -0.464 e. The first kappa shape index (κ1) is 10.1. The smallest absolute Gasteiger partial charge is 0.359 e. The molecule has 1 heterocycles. The number of hydrogen-bond donors (Lipinski definition) is 0. The van der Waals surface area contributed by atoms with Crippen molar-refractivity contribution in [3.8, 4) is 0 Å². The summed E-state index contributed by atoms with van der Waals surface area (Å²) >= 11 is 2.81. The number of methoxy groups -OCH3 is 1. The first-order valence-electron chi connectivity index (χ1n) is 3.16. The second-order valence-corrected chi connectivity index (χ2v) is 2.81. The highest BCUT2D eigenvalue weighted by Gasteiger charge is 2.19. The summed E-state index contributed by atoms with van der Waals surface area (Å²) < 4.78 is 29.1. The molecule has 0 aliphatic carbocycles. The van der Waals surface area contributed by atoms with Crippen molar-refractivity contribution in [2.75, 3.05) is 7.11 Å². The van der Waals surface area contributed by atoms with Crippen LogP contribution in [0.25, 0.3) is 0 Å². The number of imidazole rings is 1. The molecule has 1 rings (SSSR count). The highest BCUT2D eigenvalue weighted by molar-refractivity contribution is 9.10. The maximum absolute atomic E-state index is 12.1. The minimum absolute atomic E-state index is 0.0886. The number of carbonyl (C=O) groups excluding carboxylic acids is 1. The van der Waals surface area contributed by atoms with Gasteiger partial charge in [0.25, 0.3) is 0 Å². The third-order valence-corrected chi connectivity index (χ3v) is 2.11. The van der Waals surface area contributed by atoms with E-state index in [1.807, 2.05) is 0 Å². The molecule has 0 saturated heterocycles. The van der Waals surface area contributed by atoms with Crippen LogP contribution >= 0.6 is 15.9 Å². The van der Waals surface area contributed by atoms with Crippen molar-refractivity contribution in [1.82, 2.24) is 9.55 Å². The van der Waals surface area contributed by atoms with Gasteiger partial charge in [0.05, 0.1) is 7.11 Å². The third kappa shape index (κ3) is 1.85. The molecule has 0 radical (unpaired) electrons. The number of alkyl halides is 2. The lowest BCUT2D eigenvalue weighted by Gasteiger charge is -2.00. The van der Waals surface area contributed by atoms with Crippen LogP contribution in [0.5, 0.6) is 0 Å². The lowest BCUT2D eigenvalue weighted by molar-refractivity contribution is 0.0586. The molecule has 0 N–H and O–H groups in total. The Morgan fingerprint density at radius 1 is 1.77 bits per heavy atom. The average molecular weight is 255 g/mol. The van der Waals surface area contributed by atoms with Crippen molar-refractivity contribution in [3.05, 3.63) is 16.6 Å². The topological polar surface area (TPSA) is 44.1 Å². The Morgan fingerprint density at radius 2 is 2.38 bits per heavy atom. The van der Waals surface area contributed by atoms with Crippen LogP contribution in [0.3, 0.4) is 0 Å². The monoisotopic (exact) mass is 254 g/mol. The molecule has 0 aliphatic rings. The van der Waals surface area contributed by atoms with Crippen LogP contribution in [0.2, 0.25) is 0 Å². The summed E-state index contributed by atoms with van der Waals surface area (Å²) in [5.74, 6) is -0.758. The zero-order valence-corrected chi connectivity index (χ0v) is 8.09. The van der Waals surface area contributed by atoms with Crippen molar-refractivity contribution in [2.24, 2.45) is 0 Å². The van der Waals surface area contributed by atoms with E-state index in [2.05, 4.69) is 25.7 Å². The van der Waals surface area contributed by atoms with Gasteiger partial charge in [0.2, 0.25) is 0 Å². The van der Waals surface area contributed by atoms with Crippen molar-refractivity contribution in [2.45, 2.75) is 6.55 Å². The highest BCUT2D eigenvalue weighted by atomic mass is 79.9. The van der Waals surface area contributed by atoms with Gasteiger partial charge < -0.3 is 4.74 Å². The molecule has 1 aromatic rings. The van der Waals surface area contributed by atoms with Gasteiger partial charge in [-0.05, 0) is 15.9 Å². The summed E-state index contributed by atoms with van der Waals surface area (Å²) in [6.45, 7) is -2.74. The zero-order valence-electron chi connectivity index (χ0n) is 6.50. The van der Waals surface area contributed by atoms with E-state index in [4.69, 9.17) is 0 Å². The molecule has 4 nitrogen and oxygen atoms in total. The highest BCUT2D eigenvalue weighted by Crippen LogP contribution is 2.22. The third-order valence-electron chi connectivity index (χ3n) is 1.32. The zero-order chi connectivity index (χ0) is 10.0. The van der Waals surface area contributed by atoms with Crippen LogP contribution in [-0.2, 0) is 4.74 Å². The van der Waals surface area contributed by atoms with E-state index in [9.17, 15) is 13.6 Å². The molecule has 0 aromatic carbocycles. The standard InChI is InChI=1S/C6H5BrF2N2O2/c1-13-5(12)3-4(7)11(2-10-3)6(8)9/h2,6H,1H3. The van der Waals surface area contributed by atoms with E-state index < -0.39 is 12.5 Å². The molecular formula is C6H5BrF2N2O2. The summed E-state index contributed by atoms with van der Waals surface area (Å²) in [6, 6.07) is 0. The molecule has 0 aliphatic heterocycles. The average Bonchev–Trinajstić information content (AvgIpc) is 2.46. The largest absolute Gasteiger partial charge is 0.464 e. The molecule has 0 amide bonds. The van der Waals surface area contributed by atoms with Gasteiger partial charge in [-0.3, -0.25) is 4.57 Å². The lowest BCUT2D eigenvalue weighted by Crippen LogP contribution is -2.03. The summed E-state index contributed by atoms with van der Waals surface area (Å²) in [4.78, 5) is 14.4. The van der Waals surface area contributed by atoms with Crippen LogP contribution in [0, 0.1) is 0 Å². The predicted octanol–water partition coefficient (Wildman–Crippen LogP) is 1.83. The molecule has 13 heavy (non-hydrogen) atoms. The van der Waals surface area contributed by atoms with Crippen LogP contribution in [0.15, 0.2) is 10.9 Å². The second-order valence-electron chi connectivity index (χ2n) is 2.06. The fraction of sp³-hybridized carbons (Fsp3) is 0.333. The fourth-order valence-electron chi connectivity index (χ4n) is 0.716. The summed E-state index contributed by atoms with van der Waals surface area (Å²) in [7, 11) is 1.15. The molecule has 0 saturated carbocycles. The van der Waals surface area contributed by atoms with Crippen LogP contribution in [-0.4, -0.2) is 22.6 Å². The van der Waals surface area contributed by atoms with E-state index in [-0.39, 0.29) is 10.3 Å². The Hall–Kier alpha value is -0.980. The Morgan fingerprint density at radius 3 is 2.77 bits per heavy atom. The van der Waals surface area contributed by atoms with E-state index >= 15 is 0 Å². The number of nitrogens with zero attached hydrogens (tertiary/aromatic N) is 2. The normalized spacial score (nSPS) is 10.5. The van der Waals surface area contributed by atoms with Crippen LogP contribution in [0.1, 0.15) is 17.0 Å². The molecule has 0 unspecified atom stereocenters. The summed E-state index contributed by atoms with van der Waals surface area (Å²) in [5, 5.41) is 0. The van der Waals surface area contributed by atoms with Crippen molar-refractivity contribution in [1.29, 1.82) is 0 Å². The van der Waals surface area contributed by atoms with E-state index in [1.54, 1.807) is 0 Å². The van der Waals surface area contributed by atoms with Gasteiger partial charge in [0.1, 0.15) is 10.9 Å². The summed E-state index contributed by atoms with van der Waals surface area (Å²) in [6.07, 6.45) is 0.862. The molecule has 1 aromatic heterocycles. The number of ether oxygens (including phenoxy) is 1. The number of rotatable bonds is 2. The quantitative estimate of drug-likeness (QED) is 0.757. The van der Waals surface area contributed by atoms with Gasteiger partial charge in [0.15, 0.2) is 5.69 Å². The maximum atomic E-state index is 12.1. The molecule has 0 atom stereocenters. The Kier molecular flexibility index (Phi) is 2.97.